The van der Waals surface area contributed by atoms with E-state index in [4.69, 9.17) is 0 Å². The zero-order chi connectivity index (χ0) is 18.6. The quantitative estimate of drug-likeness (QED) is 0.893. The number of amides is 1. The largest absolute Gasteiger partial charge is 0.369 e. The highest BCUT2D eigenvalue weighted by atomic mass is 16.2. The zero-order valence-corrected chi connectivity index (χ0v) is 16.1. The van der Waals surface area contributed by atoms with Gasteiger partial charge in [0.2, 0.25) is 5.91 Å². The van der Waals surface area contributed by atoms with E-state index in [1.165, 1.54) is 16.8 Å². The Hall–Kier alpha value is -2.06. The third-order valence-corrected chi connectivity index (χ3v) is 5.44. The molecule has 1 N–H and O–H groups in total. The first kappa shape index (κ1) is 19.3. The fraction of sp³-hybridized carbons (Fsp3) is 0.600. The molecule has 5 nitrogen and oxygen atoms in total. The van der Waals surface area contributed by atoms with Crippen molar-refractivity contribution in [1.29, 1.82) is 5.26 Å². The normalized spacial score (nSPS) is 17.9. The van der Waals surface area contributed by atoms with E-state index in [2.05, 4.69) is 53.2 Å². The van der Waals surface area contributed by atoms with E-state index in [9.17, 15) is 10.1 Å². The fourth-order valence-electron chi connectivity index (χ4n) is 3.06. The van der Waals surface area contributed by atoms with Gasteiger partial charge in [0, 0.05) is 31.9 Å². The molecule has 0 spiro atoms. The van der Waals surface area contributed by atoms with Crippen LogP contribution in [0.3, 0.4) is 0 Å². The molecular formula is C20H30N4O. The second kappa shape index (κ2) is 7.88. The van der Waals surface area contributed by atoms with Gasteiger partial charge >= 0.3 is 0 Å². The summed E-state index contributed by atoms with van der Waals surface area (Å²) in [5.41, 5.74) is 3.12. The summed E-state index contributed by atoms with van der Waals surface area (Å²) >= 11 is 0. The van der Waals surface area contributed by atoms with Gasteiger partial charge in [-0.3, -0.25) is 9.69 Å². The van der Waals surface area contributed by atoms with Gasteiger partial charge in [-0.1, -0.05) is 26.0 Å². The Labute approximate surface area is 151 Å². The average molecular weight is 342 g/mol. The zero-order valence-electron chi connectivity index (χ0n) is 16.1. The lowest BCUT2D eigenvalue weighted by Gasteiger charge is -2.37. The number of nitrogens with one attached hydrogen (secondary N) is 1. The summed E-state index contributed by atoms with van der Waals surface area (Å²) in [6.07, 6.45) is 0. The number of nitriles is 1. The van der Waals surface area contributed by atoms with Gasteiger partial charge in [0.05, 0.1) is 12.6 Å². The summed E-state index contributed by atoms with van der Waals surface area (Å²) in [7, 11) is 0. The topological polar surface area (TPSA) is 59.4 Å². The Morgan fingerprint density at radius 3 is 2.48 bits per heavy atom. The Morgan fingerprint density at radius 1 is 1.28 bits per heavy atom. The van der Waals surface area contributed by atoms with Crippen LogP contribution in [-0.4, -0.2) is 49.1 Å². The van der Waals surface area contributed by atoms with Gasteiger partial charge in [0.25, 0.3) is 0 Å². The highest BCUT2D eigenvalue weighted by Gasteiger charge is 2.30. The maximum atomic E-state index is 12.3. The molecule has 0 bridgehead atoms. The van der Waals surface area contributed by atoms with Crippen molar-refractivity contribution in [1.82, 2.24) is 10.2 Å². The van der Waals surface area contributed by atoms with Crippen molar-refractivity contribution < 1.29 is 4.79 Å². The third-order valence-electron chi connectivity index (χ3n) is 5.44. The van der Waals surface area contributed by atoms with Crippen LogP contribution in [0.4, 0.5) is 5.69 Å². The number of carbonyl (C=O) groups is 1. The van der Waals surface area contributed by atoms with Gasteiger partial charge in [-0.2, -0.15) is 5.26 Å². The van der Waals surface area contributed by atoms with E-state index >= 15 is 0 Å². The molecule has 1 aromatic rings. The van der Waals surface area contributed by atoms with E-state index in [0.29, 0.717) is 6.54 Å². The molecule has 0 unspecified atom stereocenters. The highest BCUT2D eigenvalue weighted by Crippen LogP contribution is 2.23. The van der Waals surface area contributed by atoms with E-state index < -0.39 is 5.54 Å². The first-order valence-electron chi connectivity index (χ1n) is 9.02. The van der Waals surface area contributed by atoms with E-state index in [0.717, 1.165) is 26.2 Å². The van der Waals surface area contributed by atoms with Crippen LogP contribution in [0.1, 0.15) is 31.9 Å². The van der Waals surface area contributed by atoms with Crippen LogP contribution in [0.25, 0.3) is 0 Å². The van der Waals surface area contributed by atoms with Crippen molar-refractivity contribution in [2.24, 2.45) is 5.92 Å². The van der Waals surface area contributed by atoms with Crippen molar-refractivity contribution >= 4 is 11.6 Å². The average Bonchev–Trinajstić information content (AvgIpc) is 2.58. The summed E-state index contributed by atoms with van der Waals surface area (Å²) in [4.78, 5) is 16.9. The van der Waals surface area contributed by atoms with E-state index in [1.807, 2.05) is 13.8 Å². The van der Waals surface area contributed by atoms with Crippen molar-refractivity contribution in [2.45, 2.75) is 40.2 Å². The molecule has 1 fully saturated rings. The summed E-state index contributed by atoms with van der Waals surface area (Å²) in [6.45, 7) is 13.9. The molecule has 1 atom stereocenters. The maximum absolute atomic E-state index is 12.3. The number of piperazine rings is 1. The minimum atomic E-state index is -0.808. The van der Waals surface area contributed by atoms with Crippen molar-refractivity contribution in [3.05, 3.63) is 29.3 Å². The van der Waals surface area contributed by atoms with Crippen molar-refractivity contribution in [2.75, 3.05) is 37.6 Å². The van der Waals surface area contributed by atoms with Gasteiger partial charge < -0.3 is 10.2 Å². The lowest BCUT2D eigenvalue weighted by Crippen LogP contribution is -2.54. The van der Waals surface area contributed by atoms with Gasteiger partial charge in [0.15, 0.2) is 0 Å². The second-order valence-electron chi connectivity index (χ2n) is 7.50. The minimum Gasteiger partial charge on any atom is -0.369 e. The number of carbonyl (C=O) groups excluding carboxylic acids is 1. The summed E-state index contributed by atoms with van der Waals surface area (Å²) in [5.74, 6) is 0.000490. The van der Waals surface area contributed by atoms with Crippen molar-refractivity contribution in [3.63, 3.8) is 0 Å². The number of rotatable bonds is 5. The lowest BCUT2D eigenvalue weighted by molar-refractivity contribution is -0.124. The molecule has 0 aromatic heterocycles. The van der Waals surface area contributed by atoms with Gasteiger partial charge in [-0.25, -0.2) is 0 Å². The van der Waals surface area contributed by atoms with Crippen molar-refractivity contribution in [3.8, 4) is 6.07 Å². The minimum absolute atomic E-state index is 0.0714. The van der Waals surface area contributed by atoms with Gasteiger partial charge in [-0.15, -0.1) is 0 Å². The number of benzene rings is 1. The van der Waals surface area contributed by atoms with Crippen LogP contribution >= 0.6 is 0 Å². The number of hydrogen-bond donors (Lipinski definition) is 1. The molecule has 1 amide bonds. The van der Waals surface area contributed by atoms with Crippen LogP contribution in [0.2, 0.25) is 0 Å². The highest BCUT2D eigenvalue weighted by molar-refractivity contribution is 5.79. The molecule has 2 rings (SSSR count). The van der Waals surface area contributed by atoms with Crippen LogP contribution in [0.15, 0.2) is 18.2 Å². The molecule has 5 heteroatoms. The molecule has 0 aliphatic carbocycles. The molecule has 1 aliphatic heterocycles. The van der Waals surface area contributed by atoms with Gasteiger partial charge in [0.1, 0.15) is 5.54 Å². The summed E-state index contributed by atoms with van der Waals surface area (Å²) in [5, 5.41) is 12.2. The number of nitrogens with zero attached hydrogens (tertiary/aromatic N) is 3. The van der Waals surface area contributed by atoms with Crippen LogP contribution in [0, 0.1) is 31.1 Å². The smallest absolute Gasteiger partial charge is 0.235 e. The first-order valence-corrected chi connectivity index (χ1v) is 9.02. The second-order valence-corrected chi connectivity index (χ2v) is 7.50. The molecule has 0 saturated carbocycles. The summed E-state index contributed by atoms with van der Waals surface area (Å²) in [6, 6.07) is 8.64. The molecule has 25 heavy (non-hydrogen) atoms. The van der Waals surface area contributed by atoms with Crippen LogP contribution < -0.4 is 10.2 Å². The molecule has 136 valence electrons. The maximum Gasteiger partial charge on any atom is 0.235 e. The molecule has 1 saturated heterocycles. The van der Waals surface area contributed by atoms with E-state index in [-0.39, 0.29) is 11.8 Å². The lowest BCUT2D eigenvalue weighted by atomic mass is 9.90. The van der Waals surface area contributed by atoms with E-state index in [1.54, 1.807) is 6.92 Å². The standard InChI is InChI=1S/C20H30N4O/c1-15(2)20(5,14-21)22-19(25)13-23-9-11-24(12-10-23)18-8-6-7-16(3)17(18)4/h6-8,15H,9-13H2,1-5H3,(H,22,25)/t20-/m0/s1. The molecule has 1 heterocycles. The fourth-order valence-corrected chi connectivity index (χ4v) is 3.06. The van der Waals surface area contributed by atoms with Gasteiger partial charge in [-0.05, 0) is 43.9 Å². The monoisotopic (exact) mass is 342 g/mol. The Kier molecular flexibility index (Phi) is 6.07. The Balaban J connectivity index is 1.89. The molecule has 1 aliphatic rings. The number of anilines is 1. The molecule has 1 aromatic carbocycles. The van der Waals surface area contributed by atoms with Crippen LogP contribution in [-0.2, 0) is 4.79 Å². The third kappa shape index (κ3) is 4.52. The predicted molar refractivity (Wildman–Crippen MR) is 102 cm³/mol. The number of aryl methyl sites for hydroxylation is 1. The number of hydrogen-bond acceptors (Lipinski definition) is 4. The predicted octanol–water partition coefficient (Wildman–Crippen LogP) is 2.48. The first-order chi connectivity index (χ1) is 11.8. The molecular weight excluding hydrogens is 312 g/mol. The SMILES string of the molecule is Cc1cccc(N2CCN(CC(=O)N[C@@](C)(C#N)C(C)C)CC2)c1C. The summed E-state index contributed by atoms with van der Waals surface area (Å²) < 4.78 is 0. The molecule has 0 radical (unpaired) electrons. The van der Waals surface area contributed by atoms with Crippen LogP contribution in [0.5, 0.6) is 0 Å². The Morgan fingerprint density at radius 2 is 1.92 bits per heavy atom. The Bertz CT molecular complexity index is 656.